The fourth-order valence-electron chi connectivity index (χ4n) is 1.82. The molecule has 0 amide bonds. The summed E-state index contributed by atoms with van der Waals surface area (Å²) in [6.07, 6.45) is 0. The summed E-state index contributed by atoms with van der Waals surface area (Å²) in [6, 6.07) is 8.87. The van der Waals surface area contributed by atoms with Crippen molar-refractivity contribution in [3.05, 3.63) is 40.9 Å². The van der Waals surface area contributed by atoms with Crippen molar-refractivity contribution in [3.63, 3.8) is 0 Å². The fourth-order valence-corrected chi connectivity index (χ4v) is 3.58. The molecule has 0 aliphatic heterocycles. The molecule has 0 saturated heterocycles. The Morgan fingerprint density at radius 1 is 1.05 bits per heavy atom. The van der Waals surface area contributed by atoms with Gasteiger partial charge in [0.15, 0.2) is 11.5 Å². The number of hydrogen-bond donors (Lipinski definition) is 2. The van der Waals surface area contributed by atoms with E-state index in [0.717, 1.165) is 0 Å². The molecule has 0 aliphatic rings. The fraction of sp³-hybridized carbons (Fsp3) is 0.143. The van der Waals surface area contributed by atoms with E-state index in [-0.39, 0.29) is 27.8 Å². The topological polar surface area (TPSA) is 84.9 Å². The molecule has 0 aliphatic carbocycles. The number of anilines is 1. The van der Waals surface area contributed by atoms with Crippen molar-refractivity contribution in [1.82, 2.24) is 0 Å². The summed E-state index contributed by atoms with van der Waals surface area (Å²) in [7, 11) is -1.07. The third-order valence-electron chi connectivity index (χ3n) is 2.85. The molecule has 118 valence electrons. The van der Waals surface area contributed by atoms with Crippen LogP contribution in [0, 0.1) is 0 Å². The molecule has 0 fully saturated rings. The van der Waals surface area contributed by atoms with Crippen LogP contribution in [0.4, 0.5) is 5.69 Å². The Morgan fingerprint density at radius 3 is 2.27 bits per heavy atom. The SMILES string of the molecule is COc1ccc(NS(=O)(=O)c2cc(Br)ccc2OC)cc1O. The number of rotatable bonds is 5. The highest BCUT2D eigenvalue weighted by atomic mass is 79.9. The summed E-state index contributed by atoms with van der Waals surface area (Å²) in [5.74, 6) is 0.306. The summed E-state index contributed by atoms with van der Waals surface area (Å²) in [5, 5.41) is 9.71. The summed E-state index contributed by atoms with van der Waals surface area (Å²) in [4.78, 5) is -0.0142. The van der Waals surface area contributed by atoms with E-state index in [2.05, 4.69) is 20.7 Å². The molecule has 0 heterocycles. The van der Waals surface area contributed by atoms with Gasteiger partial charge in [-0.05, 0) is 30.3 Å². The number of nitrogens with one attached hydrogen (secondary N) is 1. The van der Waals surface area contributed by atoms with Crippen LogP contribution in [0.2, 0.25) is 0 Å². The lowest BCUT2D eigenvalue weighted by Gasteiger charge is -2.13. The Kier molecular flexibility index (Phi) is 4.82. The summed E-state index contributed by atoms with van der Waals surface area (Å²) < 4.78 is 37.9. The molecule has 2 N–H and O–H groups in total. The van der Waals surface area contributed by atoms with Gasteiger partial charge in [0, 0.05) is 10.5 Å². The lowest BCUT2D eigenvalue weighted by molar-refractivity contribution is 0.373. The Morgan fingerprint density at radius 2 is 1.68 bits per heavy atom. The highest BCUT2D eigenvalue weighted by Crippen LogP contribution is 2.32. The van der Waals surface area contributed by atoms with Crippen LogP contribution in [0.15, 0.2) is 45.8 Å². The van der Waals surface area contributed by atoms with Crippen molar-refractivity contribution in [2.24, 2.45) is 0 Å². The Labute approximate surface area is 136 Å². The lowest BCUT2D eigenvalue weighted by atomic mass is 10.3. The van der Waals surface area contributed by atoms with Crippen molar-refractivity contribution in [1.29, 1.82) is 0 Å². The predicted octanol–water partition coefficient (Wildman–Crippen LogP) is 2.97. The largest absolute Gasteiger partial charge is 0.504 e. The zero-order chi connectivity index (χ0) is 16.3. The standard InChI is InChI=1S/C14H14BrNO5S/c1-20-12-6-4-10(8-11(12)17)16-22(18,19)14-7-9(15)3-5-13(14)21-2/h3-8,16-17H,1-2H3. The zero-order valence-corrected chi connectivity index (χ0v) is 14.2. The molecular formula is C14H14BrNO5S. The molecule has 0 radical (unpaired) electrons. The number of phenolic OH excluding ortho intramolecular Hbond substituents is 1. The van der Waals surface area contributed by atoms with E-state index in [0.29, 0.717) is 4.47 Å². The van der Waals surface area contributed by atoms with Gasteiger partial charge >= 0.3 is 0 Å². The van der Waals surface area contributed by atoms with Gasteiger partial charge in [0.1, 0.15) is 10.6 Å². The lowest BCUT2D eigenvalue weighted by Crippen LogP contribution is -2.14. The van der Waals surface area contributed by atoms with E-state index >= 15 is 0 Å². The van der Waals surface area contributed by atoms with Crippen LogP contribution in [0.3, 0.4) is 0 Å². The van der Waals surface area contributed by atoms with Gasteiger partial charge in [-0.3, -0.25) is 4.72 Å². The molecular weight excluding hydrogens is 374 g/mol. The van der Waals surface area contributed by atoms with Crippen LogP contribution in [-0.4, -0.2) is 27.7 Å². The van der Waals surface area contributed by atoms with Gasteiger partial charge in [-0.2, -0.15) is 0 Å². The number of phenols is 1. The van der Waals surface area contributed by atoms with E-state index in [4.69, 9.17) is 9.47 Å². The minimum absolute atomic E-state index is 0.0142. The Bertz CT molecular complexity index is 792. The van der Waals surface area contributed by atoms with E-state index in [1.165, 1.54) is 38.5 Å². The first-order valence-corrected chi connectivity index (χ1v) is 8.38. The molecule has 0 spiro atoms. The molecule has 8 heteroatoms. The number of aromatic hydroxyl groups is 1. The highest BCUT2D eigenvalue weighted by Gasteiger charge is 2.20. The van der Waals surface area contributed by atoms with Crippen LogP contribution < -0.4 is 14.2 Å². The molecule has 2 rings (SSSR count). The van der Waals surface area contributed by atoms with Crippen LogP contribution >= 0.6 is 15.9 Å². The maximum atomic E-state index is 12.5. The van der Waals surface area contributed by atoms with Gasteiger partial charge in [-0.1, -0.05) is 15.9 Å². The van der Waals surface area contributed by atoms with Gasteiger partial charge in [0.2, 0.25) is 0 Å². The normalized spacial score (nSPS) is 11.0. The summed E-state index contributed by atoms with van der Waals surface area (Å²) >= 11 is 3.23. The van der Waals surface area contributed by atoms with Crippen LogP contribution in [-0.2, 0) is 10.0 Å². The second kappa shape index (κ2) is 6.45. The minimum Gasteiger partial charge on any atom is -0.504 e. The van der Waals surface area contributed by atoms with Crippen LogP contribution in [0.25, 0.3) is 0 Å². The first-order chi connectivity index (χ1) is 10.4. The molecule has 0 bridgehead atoms. The number of benzene rings is 2. The van der Waals surface area contributed by atoms with Gasteiger partial charge in [-0.25, -0.2) is 8.42 Å². The number of methoxy groups -OCH3 is 2. The number of sulfonamides is 1. The van der Waals surface area contributed by atoms with E-state index in [1.54, 1.807) is 12.1 Å². The van der Waals surface area contributed by atoms with Gasteiger partial charge in [0.05, 0.1) is 19.9 Å². The third-order valence-corrected chi connectivity index (χ3v) is 4.74. The minimum atomic E-state index is -3.87. The van der Waals surface area contributed by atoms with Crippen molar-refractivity contribution < 1.29 is 23.0 Å². The molecule has 2 aromatic rings. The smallest absolute Gasteiger partial charge is 0.265 e. The van der Waals surface area contributed by atoms with Gasteiger partial charge in [-0.15, -0.1) is 0 Å². The van der Waals surface area contributed by atoms with E-state index in [1.807, 2.05) is 0 Å². The highest BCUT2D eigenvalue weighted by molar-refractivity contribution is 9.10. The number of ether oxygens (including phenoxy) is 2. The third kappa shape index (κ3) is 3.45. The molecule has 6 nitrogen and oxygen atoms in total. The van der Waals surface area contributed by atoms with E-state index < -0.39 is 10.0 Å². The molecule has 0 atom stereocenters. The maximum Gasteiger partial charge on any atom is 0.265 e. The first-order valence-electron chi connectivity index (χ1n) is 6.10. The number of halogens is 1. The zero-order valence-electron chi connectivity index (χ0n) is 11.8. The Balaban J connectivity index is 2.40. The van der Waals surface area contributed by atoms with Crippen molar-refractivity contribution >= 4 is 31.6 Å². The van der Waals surface area contributed by atoms with Crippen molar-refractivity contribution in [2.75, 3.05) is 18.9 Å². The number of hydrogen-bond acceptors (Lipinski definition) is 5. The molecule has 2 aromatic carbocycles. The molecule has 0 saturated carbocycles. The second-order valence-electron chi connectivity index (χ2n) is 4.29. The molecule has 0 unspecified atom stereocenters. The van der Waals surface area contributed by atoms with E-state index in [9.17, 15) is 13.5 Å². The van der Waals surface area contributed by atoms with Crippen LogP contribution in [0.5, 0.6) is 17.2 Å². The van der Waals surface area contributed by atoms with Crippen molar-refractivity contribution in [2.45, 2.75) is 4.90 Å². The Hall–Kier alpha value is -1.93. The summed E-state index contributed by atoms with van der Waals surface area (Å²) in [6.45, 7) is 0. The van der Waals surface area contributed by atoms with Crippen LogP contribution in [0.1, 0.15) is 0 Å². The molecule has 0 aromatic heterocycles. The predicted molar refractivity (Wildman–Crippen MR) is 86.2 cm³/mol. The van der Waals surface area contributed by atoms with Gasteiger partial charge in [0.25, 0.3) is 10.0 Å². The quantitative estimate of drug-likeness (QED) is 0.823. The molecule has 22 heavy (non-hydrogen) atoms. The monoisotopic (exact) mass is 387 g/mol. The second-order valence-corrected chi connectivity index (χ2v) is 6.85. The average Bonchev–Trinajstić information content (AvgIpc) is 2.47. The average molecular weight is 388 g/mol. The summed E-state index contributed by atoms with van der Waals surface area (Å²) in [5.41, 5.74) is 0.209. The maximum absolute atomic E-state index is 12.5. The van der Waals surface area contributed by atoms with Gasteiger partial charge < -0.3 is 14.6 Å². The van der Waals surface area contributed by atoms with Crippen molar-refractivity contribution in [3.8, 4) is 17.2 Å². The first kappa shape index (κ1) is 16.4.